The lowest BCUT2D eigenvalue weighted by Gasteiger charge is -2.15. The van der Waals surface area contributed by atoms with Gasteiger partial charge in [-0.1, -0.05) is 26.0 Å². The van der Waals surface area contributed by atoms with Crippen molar-refractivity contribution in [2.24, 2.45) is 0 Å². The second-order valence-electron chi connectivity index (χ2n) is 8.34. The number of alkyl halides is 3. The Morgan fingerprint density at radius 1 is 1.14 bits per heavy atom. The lowest BCUT2D eigenvalue weighted by Crippen LogP contribution is -2.07. The number of ether oxygens (including phenoxy) is 2. The smallest absolute Gasteiger partial charge is 0.417 e. The predicted octanol–water partition coefficient (Wildman–Crippen LogP) is 5.45. The van der Waals surface area contributed by atoms with Crippen LogP contribution >= 0.6 is 0 Å². The second-order valence-corrected chi connectivity index (χ2v) is 8.34. The summed E-state index contributed by atoms with van der Waals surface area (Å²) >= 11 is 0. The first-order valence-corrected chi connectivity index (χ1v) is 11.2. The number of hydrogen-bond acceptors (Lipinski definition) is 5. The molecule has 3 rings (SSSR count). The van der Waals surface area contributed by atoms with Crippen molar-refractivity contribution in [2.45, 2.75) is 51.6 Å². The van der Waals surface area contributed by atoms with Crippen molar-refractivity contribution in [3.63, 3.8) is 0 Å². The molecule has 0 aliphatic carbocycles. The fourth-order valence-electron chi connectivity index (χ4n) is 3.67. The van der Waals surface area contributed by atoms with E-state index >= 15 is 0 Å². The summed E-state index contributed by atoms with van der Waals surface area (Å²) in [7, 11) is 1.53. The lowest BCUT2D eigenvalue weighted by atomic mass is 10.0. The second kappa shape index (κ2) is 11.2. The number of pyridine rings is 1. The minimum absolute atomic E-state index is 0.0154. The fourth-order valence-corrected chi connectivity index (χ4v) is 3.67. The minimum Gasteiger partial charge on any atom is -0.493 e. The quantitative estimate of drug-likeness (QED) is 0.359. The summed E-state index contributed by atoms with van der Waals surface area (Å²) in [5.74, 6) is 0.597. The van der Waals surface area contributed by atoms with Gasteiger partial charge in [0.25, 0.3) is 0 Å². The maximum atomic E-state index is 12.8. The molecule has 0 saturated carbocycles. The topological polar surface area (TPSA) is 86.5 Å². The summed E-state index contributed by atoms with van der Waals surface area (Å²) in [4.78, 5) is 14.9. The van der Waals surface area contributed by atoms with E-state index in [-0.39, 0.29) is 12.3 Å². The van der Waals surface area contributed by atoms with Gasteiger partial charge in [-0.05, 0) is 54.5 Å². The molecule has 2 aromatic heterocycles. The first kappa shape index (κ1) is 26.1. The van der Waals surface area contributed by atoms with Crippen molar-refractivity contribution in [3.05, 3.63) is 65.1 Å². The molecule has 0 saturated heterocycles. The Kier molecular flexibility index (Phi) is 8.37. The molecule has 35 heavy (non-hydrogen) atoms. The van der Waals surface area contributed by atoms with Gasteiger partial charge in [-0.3, -0.25) is 4.79 Å². The molecular weight excluding hydrogens is 463 g/mol. The highest BCUT2D eigenvalue weighted by molar-refractivity contribution is 5.67. The van der Waals surface area contributed by atoms with Gasteiger partial charge >= 0.3 is 12.1 Å². The highest BCUT2D eigenvalue weighted by Gasteiger charge is 2.30. The van der Waals surface area contributed by atoms with Gasteiger partial charge in [0.15, 0.2) is 17.3 Å². The standard InChI is InChI=1S/C25H28F3N3O4/c1-16(2)23-18(15-31(30-23)21-11-10-19(14-29-21)25(26,27)28)7-5-13-35-24-17(9-12-22(32)33)6-4-8-20(24)34-3/h4,6,8,10-11,14-16H,5,7,9,12-13H2,1-3H3,(H,32,33). The van der Waals surface area contributed by atoms with Crippen molar-refractivity contribution in [2.75, 3.05) is 13.7 Å². The molecule has 1 N–H and O–H groups in total. The number of aryl methyl sites for hydroxylation is 2. The van der Waals surface area contributed by atoms with Crippen molar-refractivity contribution in [3.8, 4) is 17.3 Å². The first-order valence-electron chi connectivity index (χ1n) is 11.2. The Bertz CT molecular complexity index is 1140. The summed E-state index contributed by atoms with van der Waals surface area (Å²) < 4.78 is 51.4. The van der Waals surface area contributed by atoms with E-state index in [2.05, 4.69) is 10.1 Å². The highest BCUT2D eigenvalue weighted by Crippen LogP contribution is 2.32. The van der Waals surface area contributed by atoms with E-state index in [0.29, 0.717) is 43.2 Å². The van der Waals surface area contributed by atoms with Gasteiger partial charge in [-0.25, -0.2) is 9.67 Å². The first-order chi connectivity index (χ1) is 16.6. The van der Waals surface area contributed by atoms with Crippen molar-refractivity contribution < 1.29 is 32.5 Å². The monoisotopic (exact) mass is 491 g/mol. The van der Waals surface area contributed by atoms with E-state index in [1.165, 1.54) is 17.9 Å². The number of carboxylic acids is 1. The van der Waals surface area contributed by atoms with Crippen LogP contribution in [0.5, 0.6) is 11.5 Å². The summed E-state index contributed by atoms with van der Waals surface area (Å²) in [6, 6.07) is 7.66. The number of carboxylic acid groups (broad SMARTS) is 1. The van der Waals surface area contributed by atoms with E-state index in [0.717, 1.165) is 29.1 Å². The van der Waals surface area contributed by atoms with Crippen molar-refractivity contribution in [1.29, 1.82) is 0 Å². The maximum Gasteiger partial charge on any atom is 0.417 e. The molecule has 0 unspecified atom stereocenters. The molecule has 1 aromatic carbocycles. The lowest BCUT2D eigenvalue weighted by molar-refractivity contribution is -0.138. The molecule has 0 bridgehead atoms. The number of aliphatic carboxylic acids is 1. The van der Waals surface area contributed by atoms with Crippen molar-refractivity contribution >= 4 is 5.97 Å². The van der Waals surface area contributed by atoms with Gasteiger partial charge in [-0.15, -0.1) is 0 Å². The third-order valence-electron chi connectivity index (χ3n) is 5.40. The highest BCUT2D eigenvalue weighted by atomic mass is 19.4. The van der Waals surface area contributed by atoms with Crippen LogP contribution in [-0.2, 0) is 23.8 Å². The van der Waals surface area contributed by atoms with E-state index < -0.39 is 17.7 Å². The van der Waals surface area contributed by atoms with E-state index in [1.807, 2.05) is 19.9 Å². The SMILES string of the molecule is COc1cccc(CCC(=O)O)c1OCCCc1cn(-c2ccc(C(F)(F)F)cn2)nc1C(C)C. The molecule has 3 aromatic rings. The molecular formula is C25H28F3N3O4. The van der Waals surface area contributed by atoms with Crippen molar-refractivity contribution in [1.82, 2.24) is 14.8 Å². The molecule has 0 atom stereocenters. The molecule has 2 heterocycles. The largest absolute Gasteiger partial charge is 0.493 e. The van der Waals surface area contributed by atoms with Gasteiger partial charge in [0, 0.05) is 18.8 Å². The van der Waals surface area contributed by atoms with Crippen LogP contribution in [0.2, 0.25) is 0 Å². The zero-order chi connectivity index (χ0) is 25.6. The molecule has 188 valence electrons. The Balaban J connectivity index is 1.70. The minimum atomic E-state index is -4.45. The van der Waals surface area contributed by atoms with Gasteiger partial charge < -0.3 is 14.6 Å². The maximum absolute atomic E-state index is 12.8. The van der Waals surface area contributed by atoms with E-state index in [1.54, 1.807) is 18.3 Å². The van der Waals surface area contributed by atoms with E-state index in [9.17, 15) is 18.0 Å². The Morgan fingerprint density at radius 3 is 2.51 bits per heavy atom. The predicted molar refractivity (Wildman–Crippen MR) is 123 cm³/mol. The number of para-hydroxylation sites is 1. The molecule has 0 aliphatic rings. The number of methoxy groups -OCH3 is 1. The average molecular weight is 492 g/mol. The molecule has 0 spiro atoms. The number of rotatable bonds is 11. The average Bonchev–Trinajstić information content (AvgIpc) is 3.24. The van der Waals surface area contributed by atoms with Crippen LogP contribution in [0.25, 0.3) is 5.82 Å². The van der Waals surface area contributed by atoms with E-state index in [4.69, 9.17) is 14.6 Å². The van der Waals surface area contributed by atoms with Gasteiger partial charge in [-0.2, -0.15) is 18.3 Å². The zero-order valence-corrected chi connectivity index (χ0v) is 19.8. The molecule has 7 nitrogen and oxygen atoms in total. The number of nitrogens with zero attached hydrogens (tertiary/aromatic N) is 3. The van der Waals surface area contributed by atoms with Crippen LogP contribution in [-0.4, -0.2) is 39.6 Å². The number of halogens is 3. The molecule has 10 heteroatoms. The summed E-state index contributed by atoms with van der Waals surface area (Å²) in [5, 5.41) is 13.5. The van der Waals surface area contributed by atoms with Crippen LogP contribution in [0.15, 0.2) is 42.7 Å². The van der Waals surface area contributed by atoms with Gasteiger partial charge in [0.2, 0.25) is 0 Å². The fraction of sp³-hybridized carbons (Fsp3) is 0.400. The number of aromatic nitrogens is 3. The summed E-state index contributed by atoms with van der Waals surface area (Å²) in [6.45, 7) is 4.36. The Hall–Kier alpha value is -3.56. The van der Waals surface area contributed by atoms with Gasteiger partial charge in [0.1, 0.15) is 0 Å². The summed E-state index contributed by atoms with van der Waals surface area (Å²) in [5.41, 5.74) is 1.74. The normalized spacial score (nSPS) is 11.6. The Morgan fingerprint density at radius 2 is 1.91 bits per heavy atom. The van der Waals surface area contributed by atoms with Crippen LogP contribution in [0.3, 0.4) is 0 Å². The van der Waals surface area contributed by atoms with Crippen LogP contribution in [0.1, 0.15) is 55.0 Å². The summed E-state index contributed by atoms with van der Waals surface area (Å²) in [6.07, 6.45) is -0.277. The van der Waals surface area contributed by atoms with Crippen LogP contribution < -0.4 is 9.47 Å². The molecule has 0 aliphatic heterocycles. The van der Waals surface area contributed by atoms with Crippen LogP contribution in [0, 0.1) is 0 Å². The van der Waals surface area contributed by atoms with Crippen LogP contribution in [0.4, 0.5) is 13.2 Å². The zero-order valence-electron chi connectivity index (χ0n) is 19.8. The number of carbonyl (C=O) groups is 1. The molecule has 0 amide bonds. The van der Waals surface area contributed by atoms with Gasteiger partial charge in [0.05, 0.1) is 25.0 Å². The number of hydrogen-bond donors (Lipinski definition) is 1. The number of benzene rings is 1. The third kappa shape index (κ3) is 6.74. The third-order valence-corrected chi connectivity index (χ3v) is 5.40. The Labute approximate surface area is 201 Å². The molecule has 0 radical (unpaired) electrons. The molecule has 0 fully saturated rings.